The van der Waals surface area contributed by atoms with Crippen molar-refractivity contribution in [2.24, 2.45) is 5.73 Å². The summed E-state index contributed by atoms with van der Waals surface area (Å²) in [5.41, 5.74) is 5.54. The van der Waals surface area contributed by atoms with Crippen molar-refractivity contribution in [1.82, 2.24) is 4.90 Å². The van der Waals surface area contributed by atoms with Gasteiger partial charge in [-0.1, -0.05) is 30.5 Å². The number of nitrogens with zero attached hydrogens (tertiary/aromatic N) is 1. The van der Waals surface area contributed by atoms with Gasteiger partial charge in [0.05, 0.1) is 12.1 Å². The summed E-state index contributed by atoms with van der Waals surface area (Å²) < 4.78 is 5.61. The minimum absolute atomic E-state index is 0.0581. The van der Waals surface area contributed by atoms with E-state index in [2.05, 4.69) is 0 Å². The van der Waals surface area contributed by atoms with Crippen LogP contribution in [0.15, 0.2) is 24.3 Å². The summed E-state index contributed by atoms with van der Waals surface area (Å²) in [6.45, 7) is 1.20. The molecule has 0 radical (unpaired) electrons. The van der Waals surface area contributed by atoms with Gasteiger partial charge in [0.2, 0.25) is 5.91 Å². The molecule has 5 heteroatoms. The molecule has 0 saturated heterocycles. The van der Waals surface area contributed by atoms with Gasteiger partial charge in [-0.05, 0) is 37.5 Å². The Morgan fingerprint density at radius 1 is 1.43 bits per heavy atom. The molecule has 4 nitrogen and oxygen atoms in total. The van der Waals surface area contributed by atoms with E-state index in [1.807, 2.05) is 25.2 Å². The maximum Gasteiger partial charge on any atom is 0.242 e. The molecule has 1 saturated carbocycles. The van der Waals surface area contributed by atoms with Crippen LogP contribution >= 0.6 is 11.6 Å². The molecule has 1 amide bonds. The molecular formula is C16H23ClN2O2. The van der Waals surface area contributed by atoms with E-state index in [4.69, 9.17) is 22.1 Å². The van der Waals surface area contributed by atoms with Gasteiger partial charge in [0.15, 0.2) is 0 Å². The lowest BCUT2D eigenvalue weighted by Crippen LogP contribution is -2.52. The number of ether oxygens (including phenoxy) is 1. The first-order valence-corrected chi connectivity index (χ1v) is 7.82. The van der Waals surface area contributed by atoms with Crippen LogP contribution in [0.2, 0.25) is 5.02 Å². The molecule has 21 heavy (non-hydrogen) atoms. The zero-order chi connectivity index (χ0) is 15.3. The summed E-state index contributed by atoms with van der Waals surface area (Å²) in [6.07, 6.45) is 4.47. The van der Waals surface area contributed by atoms with E-state index in [1.54, 1.807) is 11.0 Å². The lowest BCUT2D eigenvalue weighted by atomic mass is 9.97. The molecule has 0 heterocycles. The molecule has 2 rings (SSSR count). The Kier molecular flexibility index (Phi) is 5.48. The second-order valence-corrected chi connectivity index (χ2v) is 6.19. The third-order valence-electron chi connectivity index (χ3n) is 3.97. The zero-order valence-corrected chi connectivity index (χ0v) is 13.2. The minimum atomic E-state index is -0.636. The molecule has 1 fully saturated rings. The summed E-state index contributed by atoms with van der Waals surface area (Å²) >= 11 is 5.89. The molecule has 2 N–H and O–H groups in total. The fourth-order valence-corrected chi connectivity index (χ4v) is 2.93. The standard InChI is InChI=1S/C16H23ClN2O2/c1-19(15(20)16(18)8-2-3-9-16)10-5-11-21-14-7-4-6-13(17)12-14/h4,6-7,12H,2-3,5,8-11,18H2,1H3. The van der Waals surface area contributed by atoms with Crippen LogP contribution in [0.25, 0.3) is 0 Å². The van der Waals surface area contributed by atoms with Crippen molar-refractivity contribution >= 4 is 17.5 Å². The molecule has 1 aliphatic rings. The molecule has 0 aromatic heterocycles. The lowest BCUT2D eigenvalue weighted by Gasteiger charge is -2.28. The molecule has 0 aliphatic heterocycles. The van der Waals surface area contributed by atoms with Crippen molar-refractivity contribution in [3.63, 3.8) is 0 Å². The summed E-state index contributed by atoms with van der Waals surface area (Å²) in [6, 6.07) is 7.31. The van der Waals surface area contributed by atoms with E-state index in [0.29, 0.717) is 18.2 Å². The predicted octanol–water partition coefficient (Wildman–Crippen LogP) is 2.84. The minimum Gasteiger partial charge on any atom is -0.493 e. The summed E-state index contributed by atoms with van der Waals surface area (Å²) in [7, 11) is 1.81. The van der Waals surface area contributed by atoms with Gasteiger partial charge in [0.25, 0.3) is 0 Å². The molecule has 1 aromatic carbocycles. The van der Waals surface area contributed by atoms with Gasteiger partial charge in [-0.15, -0.1) is 0 Å². The highest BCUT2D eigenvalue weighted by atomic mass is 35.5. The van der Waals surface area contributed by atoms with Crippen molar-refractivity contribution in [2.75, 3.05) is 20.2 Å². The average molecular weight is 311 g/mol. The van der Waals surface area contributed by atoms with E-state index in [1.165, 1.54) is 0 Å². The van der Waals surface area contributed by atoms with Crippen LogP contribution in [0, 0.1) is 0 Å². The monoisotopic (exact) mass is 310 g/mol. The van der Waals surface area contributed by atoms with Crippen LogP contribution in [-0.2, 0) is 4.79 Å². The molecule has 116 valence electrons. The number of nitrogens with two attached hydrogens (primary N) is 1. The molecule has 1 aliphatic carbocycles. The van der Waals surface area contributed by atoms with E-state index in [9.17, 15) is 4.79 Å². The number of rotatable bonds is 6. The van der Waals surface area contributed by atoms with E-state index in [-0.39, 0.29) is 5.91 Å². The number of benzene rings is 1. The van der Waals surface area contributed by atoms with Crippen LogP contribution in [0.5, 0.6) is 5.75 Å². The maximum atomic E-state index is 12.3. The molecule has 0 atom stereocenters. The number of halogens is 1. The van der Waals surface area contributed by atoms with Gasteiger partial charge in [0.1, 0.15) is 5.75 Å². The molecule has 1 aromatic rings. The Bertz CT molecular complexity index is 487. The predicted molar refractivity (Wildman–Crippen MR) is 84.6 cm³/mol. The van der Waals surface area contributed by atoms with Crippen molar-refractivity contribution in [1.29, 1.82) is 0 Å². The quantitative estimate of drug-likeness (QED) is 0.822. The third-order valence-corrected chi connectivity index (χ3v) is 4.21. The molecular weight excluding hydrogens is 288 g/mol. The highest BCUT2D eigenvalue weighted by Crippen LogP contribution is 2.28. The normalized spacial score (nSPS) is 16.7. The fraction of sp³-hybridized carbons (Fsp3) is 0.562. The molecule has 0 spiro atoms. The van der Waals surface area contributed by atoms with Crippen molar-refractivity contribution in [2.45, 2.75) is 37.6 Å². The van der Waals surface area contributed by atoms with Crippen LogP contribution in [0.3, 0.4) is 0 Å². The topological polar surface area (TPSA) is 55.6 Å². The SMILES string of the molecule is CN(CCCOc1cccc(Cl)c1)C(=O)C1(N)CCCC1. The van der Waals surface area contributed by atoms with E-state index in [0.717, 1.165) is 37.9 Å². The van der Waals surface area contributed by atoms with Gasteiger partial charge in [0, 0.05) is 18.6 Å². The Balaban J connectivity index is 1.72. The Morgan fingerprint density at radius 2 is 2.14 bits per heavy atom. The Morgan fingerprint density at radius 3 is 2.81 bits per heavy atom. The van der Waals surface area contributed by atoms with Crippen molar-refractivity contribution in [3.8, 4) is 5.75 Å². The van der Waals surface area contributed by atoms with Crippen LogP contribution in [0.1, 0.15) is 32.1 Å². The first-order chi connectivity index (χ1) is 10.0. The highest BCUT2D eigenvalue weighted by Gasteiger charge is 2.38. The molecule has 0 bridgehead atoms. The Hall–Kier alpha value is -1.26. The van der Waals surface area contributed by atoms with Gasteiger partial charge >= 0.3 is 0 Å². The van der Waals surface area contributed by atoms with Crippen LogP contribution in [-0.4, -0.2) is 36.5 Å². The van der Waals surface area contributed by atoms with Gasteiger partial charge in [-0.25, -0.2) is 0 Å². The summed E-state index contributed by atoms with van der Waals surface area (Å²) in [5.74, 6) is 0.810. The van der Waals surface area contributed by atoms with Gasteiger partial charge in [-0.3, -0.25) is 4.79 Å². The highest BCUT2D eigenvalue weighted by molar-refractivity contribution is 6.30. The van der Waals surface area contributed by atoms with E-state index >= 15 is 0 Å². The number of carbonyl (C=O) groups is 1. The lowest BCUT2D eigenvalue weighted by molar-refractivity contribution is -0.135. The van der Waals surface area contributed by atoms with Crippen LogP contribution < -0.4 is 10.5 Å². The van der Waals surface area contributed by atoms with E-state index < -0.39 is 5.54 Å². The average Bonchev–Trinajstić information content (AvgIpc) is 2.91. The van der Waals surface area contributed by atoms with Gasteiger partial charge in [-0.2, -0.15) is 0 Å². The third kappa shape index (κ3) is 4.35. The number of hydrogen-bond donors (Lipinski definition) is 1. The Labute approximate surface area is 131 Å². The van der Waals surface area contributed by atoms with Crippen LogP contribution in [0.4, 0.5) is 0 Å². The molecule has 0 unspecified atom stereocenters. The van der Waals surface area contributed by atoms with Crippen molar-refractivity contribution < 1.29 is 9.53 Å². The summed E-state index contributed by atoms with van der Waals surface area (Å²) in [5, 5.41) is 0.658. The first kappa shape index (κ1) is 16.1. The second kappa shape index (κ2) is 7.14. The number of carbonyl (C=O) groups excluding carboxylic acids is 1. The summed E-state index contributed by atoms with van der Waals surface area (Å²) in [4.78, 5) is 14.0. The number of likely N-dealkylation sites (N-methyl/N-ethyl adjacent to an activating group) is 1. The van der Waals surface area contributed by atoms with Gasteiger partial charge < -0.3 is 15.4 Å². The number of amides is 1. The van der Waals surface area contributed by atoms with Crippen molar-refractivity contribution in [3.05, 3.63) is 29.3 Å². The fourth-order valence-electron chi connectivity index (χ4n) is 2.75. The maximum absolute atomic E-state index is 12.3. The largest absolute Gasteiger partial charge is 0.493 e. The first-order valence-electron chi connectivity index (χ1n) is 7.44. The second-order valence-electron chi connectivity index (χ2n) is 5.75. The number of hydrogen-bond acceptors (Lipinski definition) is 3. The smallest absolute Gasteiger partial charge is 0.242 e. The zero-order valence-electron chi connectivity index (χ0n) is 12.5.